The van der Waals surface area contributed by atoms with Crippen molar-refractivity contribution in [3.05, 3.63) is 53.9 Å². The molecule has 0 aliphatic carbocycles. The predicted octanol–water partition coefficient (Wildman–Crippen LogP) is 2.11. The van der Waals surface area contributed by atoms with Gasteiger partial charge in [0.25, 0.3) is 5.91 Å². The molecule has 0 fully saturated rings. The molecule has 1 aliphatic rings. The van der Waals surface area contributed by atoms with E-state index in [2.05, 4.69) is 11.1 Å². The van der Waals surface area contributed by atoms with Crippen LogP contribution >= 0.6 is 0 Å². The molecule has 1 atom stereocenters. The number of benzene rings is 1. The van der Waals surface area contributed by atoms with E-state index in [1.54, 1.807) is 12.3 Å². The largest absolute Gasteiger partial charge is 0.357 e. The summed E-state index contributed by atoms with van der Waals surface area (Å²) in [4.78, 5) is 17.3. The van der Waals surface area contributed by atoms with Gasteiger partial charge in [0.2, 0.25) is 0 Å². The van der Waals surface area contributed by atoms with Gasteiger partial charge in [-0.25, -0.2) is 0 Å². The van der Waals surface area contributed by atoms with Gasteiger partial charge in [-0.15, -0.1) is 0 Å². The van der Waals surface area contributed by atoms with E-state index in [-0.39, 0.29) is 5.91 Å². The van der Waals surface area contributed by atoms with Crippen LogP contribution in [0.5, 0.6) is 0 Å². The number of fused-ring (bicyclic) bond motifs is 1. The van der Waals surface area contributed by atoms with Crippen molar-refractivity contribution in [2.24, 2.45) is 5.73 Å². The molecule has 1 aromatic heterocycles. The lowest BCUT2D eigenvalue weighted by Gasteiger charge is -2.17. The molecule has 0 radical (unpaired) electrons. The molecule has 4 nitrogen and oxygen atoms in total. The Bertz CT molecular complexity index is 577. The lowest BCUT2D eigenvalue weighted by atomic mass is 9.98. The van der Waals surface area contributed by atoms with E-state index in [0.717, 1.165) is 12.1 Å². The van der Waals surface area contributed by atoms with Gasteiger partial charge in [0.05, 0.1) is 0 Å². The number of nitrogens with two attached hydrogens (primary N) is 1. The molecule has 0 saturated carbocycles. The Morgan fingerprint density at radius 3 is 2.89 bits per heavy atom. The van der Waals surface area contributed by atoms with E-state index in [0.29, 0.717) is 24.7 Å². The molecule has 2 aromatic rings. The number of nitrogens with one attached hydrogen (secondary N) is 1. The van der Waals surface area contributed by atoms with Crippen LogP contribution in [-0.4, -0.2) is 24.0 Å². The maximum Gasteiger partial charge on any atom is 0.274 e. The van der Waals surface area contributed by atoms with Gasteiger partial charge in [0, 0.05) is 24.3 Å². The molecule has 1 aromatic carbocycles. The summed E-state index contributed by atoms with van der Waals surface area (Å²) in [5.74, 6) is 0.372. The maximum absolute atomic E-state index is 12.5. The Balaban J connectivity index is 1.94. The number of anilines is 1. The topological polar surface area (TPSA) is 62.1 Å². The molecule has 1 amide bonds. The Labute approximate surface area is 112 Å². The number of aromatic nitrogens is 1. The van der Waals surface area contributed by atoms with Crippen molar-refractivity contribution in [2.45, 2.75) is 12.3 Å². The first-order chi connectivity index (χ1) is 9.31. The van der Waals surface area contributed by atoms with Crippen LogP contribution in [0.2, 0.25) is 0 Å². The summed E-state index contributed by atoms with van der Waals surface area (Å²) in [6.45, 7) is 1.36. The third-order valence-electron chi connectivity index (χ3n) is 3.66. The zero-order valence-electron chi connectivity index (χ0n) is 10.7. The van der Waals surface area contributed by atoms with Crippen LogP contribution in [0.15, 0.2) is 42.6 Å². The minimum Gasteiger partial charge on any atom is -0.357 e. The van der Waals surface area contributed by atoms with Crippen LogP contribution in [0, 0.1) is 0 Å². The Hall–Kier alpha value is -2.07. The van der Waals surface area contributed by atoms with E-state index in [1.807, 2.05) is 29.2 Å². The van der Waals surface area contributed by atoms with Gasteiger partial charge in [-0.3, -0.25) is 4.79 Å². The van der Waals surface area contributed by atoms with Crippen molar-refractivity contribution in [2.75, 3.05) is 18.0 Å². The highest BCUT2D eigenvalue weighted by atomic mass is 16.2. The Morgan fingerprint density at radius 2 is 2.16 bits per heavy atom. The Kier molecular flexibility index (Phi) is 3.09. The monoisotopic (exact) mass is 255 g/mol. The van der Waals surface area contributed by atoms with Crippen LogP contribution in [0.1, 0.15) is 28.4 Å². The summed E-state index contributed by atoms with van der Waals surface area (Å²) < 4.78 is 0. The van der Waals surface area contributed by atoms with Crippen LogP contribution in [0.4, 0.5) is 5.69 Å². The van der Waals surface area contributed by atoms with Gasteiger partial charge in [0.15, 0.2) is 0 Å². The maximum atomic E-state index is 12.5. The number of carbonyl (C=O) groups is 1. The second-order valence-corrected chi connectivity index (χ2v) is 4.83. The highest BCUT2D eigenvalue weighted by molar-refractivity contribution is 6.06. The van der Waals surface area contributed by atoms with Crippen molar-refractivity contribution < 1.29 is 4.79 Å². The molecule has 2 heterocycles. The first-order valence-electron chi connectivity index (χ1n) is 6.55. The normalized spacial score (nSPS) is 17.5. The summed E-state index contributed by atoms with van der Waals surface area (Å²) in [6, 6.07) is 11.7. The van der Waals surface area contributed by atoms with Crippen LogP contribution in [0.25, 0.3) is 0 Å². The summed E-state index contributed by atoms with van der Waals surface area (Å²) in [7, 11) is 0. The van der Waals surface area contributed by atoms with Gasteiger partial charge in [-0.05, 0) is 36.7 Å². The number of rotatable bonds is 3. The summed E-state index contributed by atoms with van der Waals surface area (Å²) in [5.41, 5.74) is 8.54. The molecule has 1 aliphatic heterocycles. The third kappa shape index (κ3) is 2.04. The van der Waals surface area contributed by atoms with E-state index >= 15 is 0 Å². The molecule has 0 spiro atoms. The van der Waals surface area contributed by atoms with Crippen molar-refractivity contribution in [3.63, 3.8) is 0 Å². The lowest BCUT2D eigenvalue weighted by Crippen LogP contribution is -2.30. The van der Waals surface area contributed by atoms with E-state index in [4.69, 9.17) is 5.73 Å². The van der Waals surface area contributed by atoms with Crippen molar-refractivity contribution in [3.8, 4) is 0 Å². The number of aromatic amines is 1. The number of amides is 1. The molecule has 1 unspecified atom stereocenters. The fraction of sp³-hybridized carbons (Fsp3) is 0.267. The quantitative estimate of drug-likeness (QED) is 0.882. The van der Waals surface area contributed by atoms with Crippen LogP contribution in [-0.2, 0) is 0 Å². The van der Waals surface area contributed by atoms with Crippen molar-refractivity contribution in [1.82, 2.24) is 4.98 Å². The van der Waals surface area contributed by atoms with Gasteiger partial charge in [-0.1, -0.05) is 18.2 Å². The van der Waals surface area contributed by atoms with Crippen molar-refractivity contribution >= 4 is 11.6 Å². The average Bonchev–Trinajstić information content (AvgIpc) is 3.07. The summed E-state index contributed by atoms with van der Waals surface area (Å²) in [6.07, 6.45) is 2.68. The zero-order valence-corrected chi connectivity index (χ0v) is 10.7. The first-order valence-corrected chi connectivity index (χ1v) is 6.55. The minimum atomic E-state index is 0.0250. The van der Waals surface area contributed by atoms with Gasteiger partial charge in [0.1, 0.15) is 5.69 Å². The number of H-pyrrole nitrogens is 1. The SMILES string of the molecule is NCCC1CN(C(=O)c2ccc[nH]2)c2ccccc21. The second-order valence-electron chi connectivity index (χ2n) is 4.83. The number of hydrogen-bond donors (Lipinski definition) is 2. The third-order valence-corrected chi connectivity index (χ3v) is 3.66. The van der Waals surface area contributed by atoms with Gasteiger partial charge < -0.3 is 15.6 Å². The molecular formula is C15H17N3O. The molecule has 0 bridgehead atoms. The zero-order chi connectivity index (χ0) is 13.2. The molecule has 19 heavy (non-hydrogen) atoms. The molecule has 3 N–H and O–H groups in total. The molecule has 98 valence electrons. The van der Waals surface area contributed by atoms with Crippen molar-refractivity contribution in [1.29, 1.82) is 0 Å². The molecule has 4 heteroatoms. The molecule has 3 rings (SSSR count). The van der Waals surface area contributed by atoms with E-state index in [9.17, 15) is 4.79 Å². The standard InChI is InChI=1S/C15H17N3O/c16-8-7-11-10-18(14-6-2-1-4-12(11)14)15(19)13-5-3-9-17-13/h1-6,9,11,17H,7-8,10,16H2. The lowest BCUT2D eigenvalue weighted by molar-refractivity contribution is 0.0984. The minimum absolute atomic E-state index is 0.0250. The second kappa shape index (κ2) is 4.90. The van der Waals surface area contributed by atoms with Crippen LogP contribution in [0.3, 0.4) is 0 Å². The number of nitrogens with zero attached hydrogens (tertiary/aromatic N) is 1. The predicted molar refractivity (Wildman–Crippen MR) is 75.3 cm³/mol. The fourth-order valence-corrected chi connectivity index (χ4v) is 2.74. The summed E-state index contributed by atoms with van der Waals surface area (Å²) >= 11 is 0. The number of hydrogen-bond acceptors (Lipinski definition) is 2. The van der Waals surface area contributed by atoms with Gasteiger partial charge >= 0.3 is 0 Å². The number of para-hydroxylation sites is 1. The van der Waals surface area contributed by atoms with E-state index < -0.39 is 0 Å². The number of carbonyl (C=O) groups excluding carboxylic acids is 1. The fourth-order valence-electron chi connectivity index (χ4n) is 2.74. The van der Waals surface area contributed by atoms with Gasteiger partial charge in [-0.2, -0.15) is 0 Å². The summed E-state index contributed by atoms with van der Waals surface area (Å²) in [5, 5.41) is 0. The van der Waals surface area contributed by atoms with Crippen LogP contribution < -0.4 is 10.6 Å². The highest BCUT2D eigenvalue weighted by Crippen LogP contribution is 2.38. The molecule has 0 saturated heterocycles. The highest BCUT2D eigenvalue weighted by Gasteiger charge is 2.32. The first kappa shape index (κ1) is 12.0. The molecular weight excluding hydrogens is 238 g/mol. The van der Waals surface area contributed by atoms with E-state index in [1.165, 1.54) is 5.56 Å². The smallest absolute Gasteiger partial charge is 0.274 e. The average molecular weight is 255 g/mol. The Morgan fingerprint density at radius 1 is 1.32 bits per heavy atom.